The van der Waals surface area contributed by atoms with E-state index in [4.69, 9.17) is 15.2 Å². The van der Waals surface area contributed by atoms with Crippen LogP contribution in [0, 0.1) is 0 Å². The molecule has 0 spiro atoms. The Morgan fingerprint density at radius 3 is 2.70 bits per heavy atom. The van der Waals surface area contributed by atoms with Crippen molar-refractivity contribution in [2.24, 2.45) is 5.73 Å². The van der Waals surface area contributed by atoms with Crippen LogP contribution in [0.3, 0.4) is 0 Å². The number of rotatable bonds is 3. The fourth-order valence-electron chi connectivity index (χ4n) is 2.48. The van der Waals surface area contributed by atoms with Gasteiger partial charge in [0, 0.05) is 19.2 Å². The number of hydrogen-bond acceptors (Lipinski definition) is 5. The zero-order chi connectivity index (χ0) is 14.8. The van der Waals surface area contributed by atoms with Crippen LogP contribution >= 0.6 is 0 Å². The molecule has 2 fully saturated rings. The molecule has 2 aliphatic rings. The van der Waals surface area contributed by atoms with E-state index in [9.17, 15) is 9.59 Å². The lowest BCUT2D eigenvalue weighted by atomic mass is 9.97. The molecule has 20 heavy (non-hydrogen) atoms. The number of morpholine rings is 1. The van der Waals surface area contributed by atoms with Crippen molar-refractivity contribution in [1.82, 2.24) is 10.2 Å². The molecule has 0 aromatic carbocycles. The number of ether oxygens (including phenoxy) is 2. The van der Waals surface area contributed by atoms with Crippen LogP contribution < -0.4 is 11.1 Å². The fraction of sp³-hybridized carbons (Fsp3) is 0.846. The van der Waals surface area contributed by atoms with Crippen LogP contribution in [-0.4, -0.2) is 67.3 Å². The van der Waals surface area contributed by atoms with Crippen LogP contribution in [0.1, 0.15) is 20.3 Å². The van der Waals surface area contributed by atoms with E-state index < -0.39 is 11.6 Å². The number of nitrogens with two attached hydrogens (primary N) is 1. The minimum atomic E-state index is -1.01. The summed E-state index contributed by atoms with van der Waals surface area (Å²) in [6.45, 7) is 5.46. The maximum absolute atomic E-state index is 12.6. The maximum atomic E-state index is 12.6. The molecule has 2 aliphatic heterocycles. The van der Waals surface area contributed by atoms with Crippen molar-refractivity contribution >= 4 is 11.8 Å². The summed E-state index contributed by atoms with van der Waals surface area (Å²) in [5.41, 5.74) is 5.10. The van der Waals surface area contributed by atoms with Crippen LogP contribution in [0.5, 0.6) is 0 Å². The molecule has 0 aliphatic carbocycles. The van der Waals surface area contributed by atoms with Crippen LogP contribution in [-0.2, 0) is 19.1 Å². The first kappa shape index (κ1) is 15.2. The van der Waals surface area contributed by atoms with Gasteiger partial charge in [-0.05, 0) is 20.3 Å². The van der Waals surface area contributed by atoms with Crippen molar-refractivity contribution in [3.8, 4) is 0 Å². The number of carbonyl (C=O) groups excluding carboxylic acids is 2. The van der Waals surface area contributed by atoms with Crippen molar-refractivity contribution in [1.29, 1.82) is 0 Å². The highest BCUT2D eigenvalue weighted by Crippen LogP contribution is 2.21. The molecule has 3 N–H and O–H groups in total. The van der Waals surface area contributed by atoms with E-state index in [0.717, 1.165) is 0 Å². The minimum absolute atomic E-state index is 0.0167. The molecule has 114 valence electrons. The zero-order valence-electron chi connectivity index (χ0n) is 12.1. The van der Waals surface area contributed by atoms with Gasteiger partial charge in [0.1, 0.15) is 11.6 Å². The van der Waals surface area contributed by atoms with Crippen molar-refractivity contribution in [2.45, 2.75) is 37.9 Å². The van der Waals surface area contributed by atoms with Crippen molar-refractivity contribution < 1.29 is 19.1 Å². The summed E-state index contributed by atoms with van der Waals surface area (Å²) in [6.07, 6.45) is 0.488. The first-order valence-corrected chi connectivity index (χ1v) is 7.00. The number of nitrogens with zero attached hydrogens (tertiary/aromatic N) is 1. The summed E-state index contributed by atoms with van der Waals surface area (Å²) < 4.78 is 10.6. The summed E-state index contributed by atoms with van der Waals surface area (Å²) in [5, 5.41) is 2.82. The second-order valence-electron chi connectivity index (χ2n) is 5.71. The Balaban J connectivity index is 2.10. The predicted octanol–water partition coefficient (Wildman–Crippen LogP) is -1.14. The minimum Gasteiger partial charge on any atom is -0.379 e. The number of amides is 2. The van der Waals surface area contributed by atoms with E-state index in [1.54, 1.807) is 0 Å². The Hall–Kier alpha value is -1.18. The van der Waals surface area contributed by atoms with Gasteiger partial charge in [-0.2, -0.15) is 0 Å². The Bertz CT molecular complexity index is 380. The lowest BCUT2D eigenvalue weighted by Gasteiger charge is -2.38. The van der Waals surface area contributed by atoms with Crippen molar-refractivity contribution in [3.05, 3.63) is 0 Å². The van der Waals surface area contributed by atoms with E-state index in [1.807, 2.05) is 13.8 Å². The molecule has 2 atom stereocenters. The quantitative estimate of drug-likeness (QED) is 0.683. The molecule has 0 aromatic rings. The standard InChI is InChI=1S/C13H23N3O4/c1-9(2)15-11(17)10-7-19-6-4-16(10)12(18)13(14)3-5-20-8-13/h9-10H,3-8,14H2,1-2H3,(H,15,17). The van der Waals surface area contributed by atoms with Crippen molar-refractivity contribution in [2.75, 3.05) is 33.0 Å². The molecule has 2 heterocycles. The molecule has 0 aromatic heterocycles. The molecule has 7 heteroatoms. The van der Waals surface area contributed by atoms with Gasteiger partial charge in [0.25, 0.3) is 0 Å². The van der Waals surface area contributed by atoms with Gasteiger partial charge < -0.3 is 25.4 Å². The van der Waals surface area contributed by atoms with E-state index >= 15 is 0 Å². The SMILES string of the molecule is CC(C)NC(=O)C1COCCN1C(=O)C1(N)CCOC1. The zero-order valence-corrected chi connectivity index (χ0v) is 12.1. The van der Waals surface area contributed by atoms with E-state index in [1.165, 1.54) is 4.90 Å². The Morgan fingerprint density at radius 2 is 2.10 bits per heavy atom. The van der Waals surface area contributed by atoms with Gasteiger partial charge in [0.05, 0.1) is 19.8 Å². The second-order valence-corrected chi connectivity index (χ2v) is 5.71. The molecular formula is C13H23N3O4. The molecule has 2 unspecified atom stereocenters. The summed E-state index contributed by atoms with van der Waals surface area (Å²) in [7, 11) is 0. The maximum Gasteiger partial charge on any atom is 0.245 e. The highest BCUT2D eigenvalue weighted by Gasteiger charge is 2.45. The summed E-state index contributed by atoms with van der Waals surface area (Å²) >= 11 is 0. The Kier molecular flexibility index (Phi) is 4.62. The number of hydrogen-bond donors (Lipinski definition) is 2. The van der Waals surface area contributed by atoms with E-state index in [-0.39, 0.29) is 31.1 Å². The molecule has 0 radical (unpaired) electrons. The number of carbonyl (C=O) groups is 2. The number of nitrogens with one attached hydrogen (secondary N) is 1. The third-order valence-corrected chi connectivity index (χ3v) is 3.60. The molecule has 7 nitrogen and oxygen atoms in total. The van der Waals surface area contributed by atoms with Crippen LogP contribution in [0.25, 0.3) is 0 Å². The van der Waals surface area contributed by atoms with Gasteiger partial charge in [0.15, 0.2) is 0 Å². The van der Waals surface area contributed by atoms with Gasteiger partial charge in [-0.15, -0.1) is 0 Å². The van der Waals surface area contributed by atoms with Gasteiger partial charge in [-0.1, -0.05) is 0 Å². The van der Waals surface area contributed by atoms with Gasteiger partial charge in [-0.3, -0.25) is 9.59 Å². The van der Waals surface area contributed by atoms with Crippen LogP contribution in [0.2, 0.25) is 0 Å². The fourth-order valence-corrected chi connectivity index (χ4v) is 2.48. The highest BCUT2D eigenvalue weighted by atomic mass is 16.5. The van der Waals surface area contributed by atoms with Gasteiger partial charge in [0.2, 0.25) is 11.8 Å². The topological polar surface area (TPSA) is 93.9 Å². The monoisotopic (exact) mass is 285 g/mol. The van der Waals surface area contributed by atoms with Crippen molar-refractivity contribution in [3.63, 3.8) is 0 Å². The average Bonchev–Trinajstić information content (AvgIpc) is 2.85. The smallest absolute Gasteiger partial charge is 0.245 e. The molecular weight excluding hydrogens is 262 g/mol. The van der Waals surface area contributed by atoms with Gasteiger partial charge >= 0.3 is 0 Å². The Morgan fingerprint density at radius 1 is 1.35 bits per heavy atom. The van der Waals surface area contributed by atoms with E-state index in [2.05, 4.69) is 5.32 Å². The lowest BCUT2D eigenvalue weighted by molar-refractivity contribution is -0.152. The first-order valence-electron chi connectivity index (χ1n) is 7.00. The average molecular weight is 285 g/mol. The summed E-state index contributed by atoms with van der Waals surface area (Å²) in [4.78, 5) is 26.3. The largest absolute Gasteiger partial charge is 0.379 e. The predicted molar refractivity (Wildman–Crippen MR) is 72.0 cm³/mol. The molecule has 2 saturated heterocycles. The van der Waals surface area contributed by atoms with Crippen LogP contribution in [0.15, 0.2) is 0 Å². The summed E-state index contributed by atoms with van der Waals surface area (Å²) in [5.74, 6) is -0.419. The molecule has 2 rings (SSSR count). The lowest BCUT2D eigenvalue weighted by Crippen LogP contribution is -2.64. The third-order valence-electron chi connectivity index (χ3n) is 3.60. The second kappa shape index (κ2) is 6.07. The molecule has 2 amide bonds. The normalized spacial score (nSPS) is 30.6. The third kappa shape index (κ3) is 3.11. The first-order chi connectivity index (χ1) is 9.44. The molecule has 0 bridgehead atoms. The van der Waals surface area contributed by atoms with Gasteiger partial charge in [-0.25, -0.2) is 0 Å². The highest BCUT2D eigenvalue weighted by molar-refractivity contribution is 5.92. The summed E-state index contributed by atoms with van der Waals surface area (Å²) in [6, 6.07) is -0.595. The van der Waals surface area contributed by atoms with E-state index in [0.29, 0.717) is 26.2 Å². The van der Waals surface area contributed by atoms with Crippen LogP contribution in [0.4, 0.5) is 0 Å². The Labute approximate surface area is 118 Å². The molecule has 0 saturated carbocycles.